The van der Waals surface area contributed by atoms with Crippen LogP contribution in [-0.4, -0.2) is 24.7 Å². The van der Waals surface area contributed by atoms with Gasteiger partial charge in [-0.2, -0.15) is 0 Å². The van der Waals surface area contributed by atoms with Crippen LogP contribution in [0.1, 0.15) is 36.1 Å². The Morgan fingerprint density at radius 2 is 1.97 bits per heavy atom. The van der Waals surface area contributed by atoms with Crippen LogP contribution in [0.3, 0.4) is 0 Å². The number of carbonyl (C=O) groups excluding carboxylic acids is 1. The van der Waals surface area contributed by atoms with Gasteiger partial charge in [0.2, 0.25) is 0 Å². The molecule has 0 saturated carbocycles. The summed E-state index contributed by atoms with van der Waals surface area (Å²) >= 11 is 0. The zero-order valence-electron chi connectivity index (χ0n) is 19.9. The first kappa shape index (κ1) is 22.7. The molecule has 1 aliphatic rings. The summed E-state index contributed by atoms with van der Waals surface area (Å²) in [6, 6.07) is 20.2. The van der Waals surface area contributed by atoms with E-state index in [0.717, 1.165) is 40.3 Å². The molecule has 1 aliphatic carbocycles. The summed E-state index contributed by atoms with van der Waals surface area (Å²) in [5.41, 5.74) is 11.5. The predicted molar refractivity (Wildman–Crippen MR) is 137 cm³/mol. The zero-order chi connectivity index (χ0) is 24.4. The van der Waals surface area contributed by atoms with Crippen molar-refractivity contribution in [3.05, 3.63) is 83.6 Å². The number of anilines is 1. The molecule has 0 radical (unpaired) electrons. The average Bonchev–Trinajstić information content (AvgIpc) is 3.27. The Morgan fingerprint density at radius 3 is 2.80 bits per heavy atom. The average molecular weight is 469 g/mol. The van der Waals surface area contributed by atoms with E-state index in [2.05, 4.69) is 29.2 Å². The molecule has 0 spiro atoms. The SMILES string of the molecule is CCOC(=O)Cc1cc(OC)ccc1O[C@@H]1CCc2ccc(-c3cccc4c(N)nccc34)cc21. The molecule has 5 rings (SSSR count). The van der Waals surface area contributed by atoms with Crippen molar-refractivity contribution in [3.8, 4) is 22.6 Å². The number of hydrogen-bond donors (Lipinski definition) is 1. The van der Waals surface area contributed by atoms with Gasteiger partial charge in [0.1, 0.15) is 23.4 Å². The molecule has 4 aromatic rings. The lowest BCUT2D eigenvalue weighted by Gasteiger charge is -2.19. The summed E-state index contributed by atoms with van der Waals surface area (Å²) in [7, 11) is 1.61. The van der Waals surface area contributed by atoms with E-state index in [1.54, 1.807) is 20.2 Å². The van der Waals surface area contributed by atoms with Crippen LogP contribution in [0.5, 0.6) is 11.5 Å². The largest absolute Gasteiger partial charge is 0.497 e. The second-order valence-corrected chi connectivity index (χ2v) is 8.61. The quantitative estimate of drug-likeness (QED) is 0.352. The van der Waals surface area contributed by atoms with Gasteiger partial charge in [-0.1, -0.05) is 30.3 Å². The molecule has 6 heteroatoms. The fourth-order valence-electron chi connectivity index (χ4n) is 4.79. The molecule has 0 unspecified atom stereocenters. The molecule has 0 amide bonds. The van der Waals surface area contributed by atoms with E-state index in [0.29, 0.717) is 23.9 Å². The van der Waals surface area contributed by atoms with Gasteiger partial charge in [-0.3, -0.25) is 4.79 Å². The number of hydrogen-bond acceptors (Lipinski definition) is 6. The Kier molecular flexibility index (Phi) is 6.27. The Hall–Kier alpha value is -4.06. The molecule has 0 aliphatic heterocycles. The Labute approximate surface area is 204 Å². The van der Waals surface area contributed by atoms with E-state index in [9.17, 15) is 4.79 Å². The second-order valence-electron chi connectivity index (χ2n) is 8.61. The van der Waals surface area contributed by atoms with Crippen LogP contribution in [0, 0.1) is 0 Å². The van der Waals surface area contributed by atoms with Crippen molar-refractivity contribution in [1.82, 2.24) is 4.98 Å². The number of ether oxygens (including phenoxy) is 3. The van der Waals surface area contributed by atoms with Crippen molar-refractivity contribution in [2.24, 2.45) is 0 Å². The van der Waals surface area contributed by atoms with E-state index in [1.807, 2.05) is 36.4 Å². The number of esters is 1. The summed E-state index contributed by atoms with van der Waals surface area (Å²) in [6.45, 7) is 2.14. The number of aromatic nitrogens is 1. The van der Waals surface area contributed by atoms with E-state index in [1.165, 1.54) is 11.1 Å². The number of methoxy groups -OCH3 is 1. The van der Waals surface area contributed by atoms with E-state index >= 15 is 0 Å². The van der Waals surface area contributed by atoms with Gasteiger partial charge in [-0.15, -0.1) is 0 Å². The maximum absolute atomic E-state index is 12.2. The smallest absolute Gasteiger partial charge is 0.310 e. The van der Waals surface area contributed by atoms with Gasteiger partial charge in [-0.25, -0.2) is 4.98 Å². The standard InChI is InChI=1S/C29H28N2O4/c1-3-34-28(32)17-20-15-21(33-2)10-12-26(20)35-27-11-9-18-7-8-19(16-25(18)27)22-5-4-6-24-23(22)13-14-31-29(24)30/h4-8,10,12-16,27H,3,9,11,17H2,1-2H3,(H2,30,31)/t27-/m1/s1. The molecule has 3 aromatic carbocycles. The topological polar surface area (TPSA) is 83.7 Å². The number of nitrogens with two attached hydrogens (primary N) is 1. The highest BCUT2D eigenvalue weighted by molar-refractivity contribution is 6.01. The summed E-state index contributed by atoms with van der Waals surface area (Å²) < 4.78 is 17.0. The Morgan fingerprint density at radius 1 is 1.09 bits per heavy atom. The molecule has 35 heavy (non-hydrogen) atoms. The van der Waals surface area contributed by atoms with Gasteiger partial charge in [0, 0.05) is 17.1 Å². The van der Waals surface area contributed by atoms with Crippen molar-refractivity contribution in [2.75, 3.05) is 19.5 Å². The van der Waals surface area contributed by atoms with Crippen LogP contribution in [-0.2, 0) is 22.4 Å². The zero-order valence-corrected chi connectivity index (χ0v) is 19.9. The number of pyridine rings is 1. The number of benzene rings is 3. The molecular formula is C29H28N2O4. The third kappa shape index (κ3) is 4.52. The third-order valence-corrected chi connectivity index (χ3v) is 6.49. The molecule has 1 atom stereocenters. The second kappa shape index (κ2) is 9.66. The lowest BCUT2D eigenvalue weighted by atomic mass is 9.96. The summed E-state index contributed by atoms with van der Waals surface area (Å²) in [5.74, 6) is 1.59. The first-order valence-electron chi connectivity index (χ1n) is 11.8. The van der Waals surface area contributed by atoms with Crippen LogP contribution < -0.4 is 15.2 Å². The molecule has 6 nitrogen and oxygen atoms in total. The van der Waals surface area contributed by atoms with Crippen LogP contribution in [0.4, 0.5) is 5.82 Å². The van der Waals surface area contributed by atoms with Crippen molar-refractivity contribution >= 4 is 22.6 Å². The predicted octanol–water partition coefficient (Wildman–Crippen LogP) is 5.66. The number of aryl methyl sites for hydroxylation is 1. The number of nitrogens with zero attached hydrogens (tertiary/aromatic N) is 1. The van der Waals surface area contributed by atoms with Gasteiger partial charge >= 0.3 is 5.97 Å². The van der Waals surface area contributed by atoms with Gasteiger partial charge in [0.05, 0.1) is 20.1 Å². The molecule has 0 fully saturated rings. The molecule has 0 saturated heterocycles. The van der Waals surface area contributed by atoms with Gasteiger partial charge < -0.3 is 19.9 Å². The number of fused-ring (bicyclic) bond motifs is 2. The fraction of sp³-hybridized carbons (Fsp3) is 0.241. The Bertz CT molecular complexity index is 1400. The minimum Gasteiger partial charge on any atom is -0.497 e. The van der Waals surface area contributed by atoms with Crippen molar-refractivity contribution in [3.63, 3.8) is 0 Å². The van der Waals surface area contributed by atoms with Crippen LogP contribution in [0.15, 0.2) is 66.9 Å². The van der Waals surface area contributed by atoms with Gasteiger partial charge in [0.15, 0.2) is 0 Å². The minimum atomic E-state index is -0.288. The lowest BCUT2D eigenvalue weighted by Crippen LogP contribution is -2.11. The lowest BCUT2D eigenvalue weighted by molar-refractivity contribution is -0.142. The first-order chi connectivity index (χ1) is 17.1. The van der Waals surface area contributed by atoms with E-state index < -0.39 is 0 Å². The highest BCUT2D eigenvalue weighted by Crippen LogP contribution is 2.40. The van der Waals surface area contributed by atoms with Crippen LogP contribution >= 0.6 is 0 Å². The monoisotopic (exact) mass is 468 g/mol. The van der Waals surface area contributed by atoms with Gasteiger partial charge in [0.25, 0.3) is 0 Å². The van der Waals surface area contributed by atoms with Gasteiger partial charge in [-0.05, 0) is 77.7 Å². The van der Waals surface area contributed by atoms with Crippen molar-refractivity contribution < 1.29 is 19.0 Å². The summed E-state index contributed by atoms with van der Waals surface area (Å²) in [4.78, 5) is 16.4. The van der Waals surface area contributed by atoms with E-state index in [-0.39, 0.29) is 18.5 Å². The highest BCUT2D eigenvalue weighted by Gasteiger charge is 2.26. The van der Waals surface area contributed by atoms with Crippen LogP contribution in [0.25, 0.3) is 21.9 Å². The molecule has 178 valence electrons. The highest BCUT2D eigenvalue weighted by atomic mass is 16.5. The summed E-state index contributed by atoms with van der Waals surface area (Å²) in [6.07, 6.45) is 3.58. The molecule has 0 bridgehead atoms. The number of nitrogen functional groups attached to an aromatic ring is 1. The minimum absolute atomic E-state index is 0.110. The third-order valence-electron chi connectivity index (χ3n) is 6.49. The Balaban J connectivity index is 1.48. The maximum Gasteiger partial charge on any atom is 0.310 e. The van der Waals surface area contributed by atoms with Crippen molar-refractivity contribution in [2.45, 2.75) is 32.3 Å². The number of carbonyl (C=O) groups is 1. The molecular weight excluding hydrogens is 440 g/mol. The molecule has 1 aromatic heterocycles. The van der Waals surface area contributed by atoms with Crippen molar-refractivity contribution in [1.29, 1.82) is 0 Å². The maximum atomic E-state index is 12.2. The van der Waals surface area contributed by atoms with Crippen LogP contribution in [0.2, 0.25) is 0 Å². The normalized spacial score (nSPS) is 14.5. The molecule has 1 heterocycles. The first-order valence-corrected chi connectivity index (χ1v) is 11.8. The summed E-state index contributed by atoms with van der Waals surface area (Å²) in [5, 5.41) is 2.02. The number of rotatable bonds is 7. The van der Waals surface area contributed by atoms with E-state index in [4.69, 9.17) is 19.9 Å². The molecule has 2 N–H and O–H groups in total. The fourth-order valence-corrected chi connectivity index (χ4v) is 4.79.